The minimum Gasteiger partial charge on any atom is -0.497 e. The van der Waals surface area contributed by atoms with E-state index in [4.69, 9.17) is 4.74 Å². The van der Waals surface area contributed by atoms with Crippen molar-refractivity contribution in [1.29, 1.82) is 0 Å². The van der Waals surface area contributed by atoms with Crippen LogP contribution in [0.15, 0.2) is 48.5 Å². The number of anilines is 1. The molecule has 1 saturated heterocycles. The van der Waals surface area contributed by atoms with Crippen molar-refractivity contribution in [3.63, 3.8) is 0 Å². The highest BCUT2D eigenvalue weighted by molar-refractivity contribution is 5.91. The molecule has 0 radical (unpaired) electrons. The van der Waals surface area contributed by atoms with Crippen molar-refractivity contribution in [2.75, 3.05) is 45.2 Å². The maximum Gasteiger partial charge on any atom is 0.279 e. The molecule has 5 nitrogen and oxygen atoms in total. The number of carbonyl (C=O) groups excluding carboxylic acids is 1. The van der Waals surface area contributed by atoms with Gasteiger partial charge in [-0.3, -0.25) is 4.79 Å². The standard InChI is InChI=1S/C22H29N3O2/c1-3-18-4-8-20(9-5-18)23-22(26)17-25-14-12-24(13-15-25)16-19-6-10-21(27-2)11-7-19/h4-11H,3,12-17H2,1-2H3,(H,23,26)/p+2. The molecule has 1 aliphatic heterocycles. The minimum absolute atomic E-state index is 0.104. The van der Waals surface area contributed by atoms with Gasteiger partial charge in [-0.05, 0) is 48.4 Å². The summed E-state index contributed by atoms with van der Waals surface area (Å²) >= 11 is 0. The third-order valence-electron chi connectivity index (χ3n) is 5.33. The van der Waals surface area contributed by atoms with E-state index in [0.29, 0.717) is 6.54 Å². The fourth-order valence-corrected chi connectivity index (χ4v) is 3.60. The predicted molar refractivity (Wildman–Crippen MR) is 107 cm³/mol. The quantitative estimate of drug-likeness (QED) is 0.652. The van der Waals surface area contributed by atoms with Crippen LogP contribution in [-0.2, 0) is 17.8 Å². The molecule has 2 aromatic rings. The third kappa shape index (κ3) is 5.81. The van der Waals surface area contributed by atoms with E-state index in [1.54, 1.807) is 12.0 Å². The van der Waals surface area contributed by atoms with Gasteiger partial charge < -0.3 is 19.9 Å². The first kappa shape index (κ1) is 19.4. The van der Waals surface area contributed by atoms with Crippen molar-refractivity contribution in [3.8, 4) is 5.75 Å². The molecule has 1 heterocycles. The molecule has 0 spiro atoms. The van der Waals surface area contributed by atoms with E-state index in [2.05, 4.69) is 36.5 Å². The molecular weight excluding hydrogens is 338 g/mol. The molecular formula is C22H31N3O2+2. The lowest BCUT2D eigenvalue weighted by molar-refractivity contribution is -1.02. The maximum atomic E-state index is 12.3. The Labute approximate surface area is 161 Å². The Kier molecular flexibility index (Phi) is 6.85. The number of quaternary nitrogens is 2. The Morgan fingerprint density at radius 2 is 1.52 bits per heavy atom. The van der Waals surface area contributed by atoms with Crippen molar-refractivity contribution in [2.24, 2.45) is 0 Å². The number of aryl methyl sites for hydroxylation is 1. The first-order valence-electron chi connectivity index (χ1n) is 9.85. The number of benzene rings is 2. The van der Waals surface area contributed by atoms with E-state index in [0.717, 1.165) is 50.6 Å². The van der Waals surface area contributed by atoms with Crippen LogP contribution in [0.3, 0.4) is 0 Å². The highest BCUT2D eigenvalue weighted by Gasteiger charge is 2.24. The van der Waals surface area contributed by atoms with Gasteiger partial charge in [0, 0.05) is 11.3 Å². The van der Waals surface area contributed by atoms with Crippen LogP contribution in [0.1, 0.15) is 18.1 Å². The molecule has 2 aromatic carbocycles. The summed E-state index contributed by atoms with van der Waals surface area (Å²) in [7, 11) is 1.69. The van der Waals surface area contributed by atoms with Crippen LogP contribution in [0.4, 0.5) is 5.69 Å². The second-order valence-corrected chi connectivity index (χ2v) is 7.30. The van der Waals surface area contributed by atoms with E-state index >= 15 is 0 Å². The summed E-state index contributed by atoms with van der Waals surface area (Å²) in [6.07, 6.45) is 1.02. The highest BCUT2D eigenvalue weighted by atomic mass is 16.5. The Morgan fingerprint density at radius 1 is 0.926 bits per heavy atom. The molecule has 3 N–H and O–H groups in total. The maximum absolute atomic E-state index is 12.3. The number of nitrogens with one attached hydrogen (secondary N) is 3. The van der Waals surface area contributed by atoms with Crippen LogP contribution in [-0.4, -0.2) is 45.7 Å². The van der Waals surface area contributed by atoms with Crippen molar-refractivity contribution in [3.05, 3.63) is 59.7 Å². The van der Waals surface area contributed by atoms with Gasteiger partial charge in [0.05, 0.1) is 7.11 Å². The molecule has 1 fully saturated rings. The summed E-state index contributed by atoms with van der Waals surface area (Å²) in [5.41, 5.74) is 3.51. The number of hydrogen-bond acceptors (Lipinski definition) is 2. The summed E-state index contributed by atoms with van der Waals surface area (Å²) < 4.78 is 5.22. The van der Waals surface area contributed by atoms with E-state index in [9.17, 15) is 4.79 Å². The van der Waals surface area contributed by atoms with Gasteiger partial charge in [-0.2, -0.15) is 0 Å². The van der Waals surface area contributed by atoms with Crippen molar-refractivity contribution >= 4 is 11.6 Å². The van der Waals surface area contributed by atoms with Crippen LogP contribution >= 0.6 is 0 Å². The second kappa shape index (κ2) is 9.53. The van der Waals surface area contributed by atoms with E-state index in [-0.39, 0.29) is 5.91 Å². The molecule has 0 bridgehead atoms. The van der Waals surface area contributed by atoms with Crippen LogP contribution < -0.4 is 19.9 Å². The highest BCUT2D eigenvalue weighted by Crippen LogP contribution is 2.10. The molecule has 5 heteroatoms. The lowest BCUT2D eigenvalue weighted by Crippen LogP contribution is -3.28. The average molecular weight is 370 g/mol. The van der Waals surface area contributed by atoms with Gasteiger partial charge in [0.1, 0.15) is 38.5 Å². The summed E-state index contributed by atoms with van der Waals surface area (Å²) in [5.74, 6) is 1.01. The first-order valence-corrected chi connectivity index (χ1v) is 9.85. The molecule has 144 valence electrons. The van der Waals surface area contributed by atoms with Crippen LogP contribution in [0.2, 0.25) is 0 Å². The van der Waals surface area contributed by atoms with Crippen molar-refractivity contribution in [2.45, 2.75) is 19.9 Å². The molecule has 0 unspecified atom stereocenters. The van der Waals surface area contributed by atoms with Gasteiger partial charge >= 0.3 is 0 Å². The fraction of sp³-hybridized carbons (Fsp3) is 0.409. The van der Waals surface area contributed by atoms with Crippen LogP contribution in [0.5, 0.6) is 5.75 Å². The lowest BCUT2D eigenvalue weighted by atomic mass is 10.1. The van der Waals surface area contributed by atoms with Gasteiger partial charge in [0.25, 0.3) is 5.91 Å². The van der Waals surface area contributed by atoms with Crippen molar-refractivity contribution < 1.29 is 19.3 Å². The van der Waals surface area contributed by atoms with E-state index in [1.807, 2.05) is 24.3 Å². The second-order valence-electron chi connectivity index (χ2n) is 7.30. The monoisotopic (exact) mass is 369 g/mol. The number of hydrogen-bond donors (Lipinski definition) is 3. The number of amides is 1. The topological polar surface area (TPSA) is 47.2 Å². The average Bonchev–Trinajstić information content (AvgIpc) is 2.70. The van der Waals surface area contributed by atoms with Crippen LogP contribution in [0.25, 0.3) is 0 Å². The normalized spacial score (nSPS) is 19.5. The molecule has 0 saturated carbocycles. The Bertz CT molecular complexity index is 720. The van der Waals surface area contributed by atoms with E-state index < -0.39 is 0 Å². The number of ether oxygens (including phenoxy) is 1. The van der Waals surface area contributed by atoms with E-state index in [1.165, 1.54) is 16.0 Å². The summed E-state index contributed by atoms with van der Waals surface area (Å²) in [6, 6.07) is 16.4. The Balaban J connectivity index is 1.41. The van der Waals surface area contributed by atoms with Gasteiger partial charge in [-0.1, -0.05) is 19.1 Å². The summed E-state index contributed by atoms with van der Waals surface area (Å²) in [5, 5.41) is 3.02. The fourth-order valence-electron chi connectivity index (χ4n) is 3.60. The molecule has 27 heavy (non-hydrogen) atoms. The molecule has 1 amide bonds. The smallest absolute Gasteiger partial charge is 0.279 e. The Hall–Kier alpha value is -2.37. The zero-order valence-electron chi connectivity index (χ0n) is 16.4. The zero-order chi connectivity index (χ0) is 19.1. The molecule has 0 atom stereocenters. The SMILES string of the molecule is CCc1ccc(NC(=O)C[NH+]2CC[NH+](Cc3ccc(OC)cc3)CC2)cc1. The van der Waals surface area contributed by atoms with Gasteiger partial charge in [0.2, 0.25) is 0 Å². The molecule has 0 aliphatic carbocycles. The number of piperazine rings is 1. The number of methoxy groups -OCH3 is 1. The molecule has 1 aliphatic rings. The molecule has 3 rings (SSSR count). The summed E-state index contributed by atoms with van der Waals surface area (Å²) in [4.78, 5) is 15.3. The predicted octanol–water partition coefficient (Wildman–Crippen LogP) is 0.180. The lowest BCUT2D eigenvalue weighted by Gasteiger charge is -2.29. The number of rotatable bonds is 7. The minimum atomic E-state index is 0.104. The van der Waals surface area contributed by atoms with Gasteiger partial charge in [0.15, 0.2) is 6.54 Å². The zero-order valence-corrected chi connectivity index (χ0v) is 16.4. The van der Waals surface area contributed by atoms with Gasteiger partial charge in [-0.25, -0.2) is 0 Å². The van der Waals surface area contributed by atoms with Gasteiger partial charge in [-0.15, -0.1) is 0 Å². The van der Waals surface area contributed by atoms with Crippen molar-refractivity contribution in [1.82, 2.24) is 0 Å². The summed E-state index contributed by atoms with van der Waals surface area (Å²) in [6.45, 7) is 7.98. The largest absolute Gasteiger partial charge is 0.497 e. The Morgan fingerprint density at radius 3 is 2.11 bits per heavy atom. The number of carbonyl (C=O) groups is 1. The third-order valence-corrected chi connectivity index (χ3v) is 5.33. The first-order chi connectivity index (χ1) is 13.2. The van der Waals surface area contributed by atoms with Crippen LogP contribution in [0, 0.1) is 0 Å². The molecule has 0 aromatic heterocycles.